The number of fused-ring (bicyclic) bond motifs is 2. The Balaban J connectivity index is 1.79. The van der Waals surface area contributed by atoms with Crippen LogP contribution in [0.3, 0.4) is 0 Å². The summed E-state index contributed by atoms with van der Waals surface area (Å²) in [7, 11) is 0. The van der Waals surface area contributed by atoms with E-state index in [9.17, 15) is 20.1 Å². The van der Waals surface area contributed by atoms with E-state index in [2.05, 4.69) is 15.3 Å². The lowest BCUT2D eigenvalue weighted by Gasteiger charge is -2.23. The van der Waals surface area contributed by atoms with Gasteiger partial charge < -0.3 is 25.4 Å². The molecule has 0 unspecified atom stereocenters. The molecule has 4 rings (SSSR count). The van der Waals surface area contributed by atoms with Crippen molar-refractivity contribution >= 4 is 17.1 Å². The minimum Gasteiger partial charge on any atom is -0.394 e. The van der Waals surface area contributed by atoms with E-state index in [0.717, 1.165) is 0 Å². The van der Waals surface area contributed by atoms with Gasteiger partial charge in [-0.15, -0.1) is 0 Å². The number of nitrogens with one attached hydrogen (secondary N) is 1. The Morgan fingerprint density at radius 2 is 2.26 bits per heavy atom. The Morgan fingerprint density at radius 1 is 1.43 bits per heavy atom. The van der Waals surface area contributed by atoms with Gasteiger partial charge in [-0.2, -0.15) is 4.98 Å². The predicted octanol–water partition coefficient (Wildman–Crippen LogP) is -1.63. The van der Waals surface area contributed by atoms with Crippen molar-refractivity contribution in [1.82, 2.24) is 19.1 Å². The van der Waals surface area contributed by atoms with E-state index in [1.54, 1.807) is 4.57 Å². The molecule has 23 heavy (non-hydrogen) atoms. The molecule has 2 aliphatic heterocycles. The van der Waals surface area contributed by atoms with Gasteiger partial charge in [-0.3, -0.25) is 13.9 Å². The zero-order valence-electron chi connectivity index (χ0n) is 12.2. The highest BCUT2D eigenvalue weighted by atomic mass is 16.5. The van der Waals surface area contributed by atoms with Crippen LogP contribution < -0.4 is 10.9 Å². The van der Waals surface area contributed by atoms with Gasteiger partial charge in [0.05, 0.1) is 19.0 Å². The normalized spacial score (nSPS) is 30.4. The predicted molar refractivity (Wildman–Crippen MR) is 77.7 cm³/mol. The van der Waals surface area contributed by atoms with E-state index in [1.807, 2.05) is 0 Å². The van der Waals surface area contributed by atoms with Crippen LogP contribution in [-0.2, 0) is 11.3 Å². The number of nitrogens with zero attached hydrogens (tertiary/aromatic N) is 4. The van der Waals surface area contributed by atoms with Crippen LogP contribution in [0.15, 0.2) is 11.1 Å². The van der Waals surface area contributed by atoms with Gasteiger partial charge in [0, 0.05) is 19.4 Å². The van der Waals surface area contributed by atoms with Gasteiger partial charge >= 0.3 is 0 Å². The number of imidazole rings is 1. The fraction of sp³-hybridized carbons (Fsp3) is 0.615. The first-order chi connectivity index (χ1) is 11.1. The molecule has 4 atom stereocenters. The lowest BCUT2D eigenvalue weighted by atomic mass is 10.2. The second kappa shape index (κ2) is 5.27. The molecule has 1 fully saturated rings. The third-order valence-electron chi connectivity index (χ3n) is 4.30. The molecule has 2 aromatic rings. The minimum absolute atomic E-state index is 0.206. The summed E-state index contributed by atoms with van der Waals surface area (Å²) in [4.78, 5) is 21.0. The largest absolute Gasteiger partial charge is 0.394 e. The summed E-state index contributed by atoms with van der Waals surface area (Å²) in [5, 5.41) is 31.5. The van der Waals surface area contributed by atoms with E-state index < -0.39 is 24.7 Å². The molecule has 2 aromatic heterocycles. The number of ether oxygens (including phenoxy) is 1. The smallest absolute Gasteiger partial charge is 0.283 e. The maximum atomic E-state index is 12.5. The summed E-state index contributed by atoms with van der Waals surface area (Å²) in [6.07, 6.45) is -0.644. The quantitative estimate of drug-likeness (QED) is 0.517. The molecule has 0 aromatic carbocycles. The van der Waals surface area contributed by atoms with Crippen LogP contribution in [0.25, 0.3) is 11.2 Å². The van der Waals surface area contributed by atoms with Crippen LogP contribution in [0.5, 0.6) is 0 Å². The second-order valence-corrected chi connectivity index (χ2v) is 5.78. The second-order valence-electron chi connectivity index (χ2n) is 5.78. The number of anilines is 1. The van der Waals surface area contributed by atoms with Gasteiger partial charge in [-0.25, -0.2) is 4.98 Å². The Morgan fingerprint density at radius 3 is 3.00 bits per heavy atom. The monoisotopic (exact) mass is 323 g/mol. The zero-order chi connectivity index (χ0) is 16.1. The third kappa shape index (κ3) is 2.22. The van der Waals surface area contributed by atoms with Gasteiger partial charge in [0.15, 0.2) is 11.2 Å². The Hall–Kier alpha value is -2.01. The van der Waals surface area contributed by atoms with Crippen molar-refractivity contribution in [2.24, 2.45) is 0 Å². The molecule has 0 aliphatic carbocycles. The zero-order valence-corrected chi connectivity index (χ0v) is 12.2. The molecular formula is C13H17N5O5. The maximum Gasteiger partial charge on any atom is 0.283 e. The van der Waals surface area contributed by atoms with Crippen molar-refractivity contribution in [3.05, 3.63) is 16.7 Å². The molecule has 0 bridgehead atoms. The third-order valence-corrected chi connectivity index (χ3v) is 4.30. The summed E-state index contributed by atoms with van der Waals surface area (Å²) in [6.45, 7) is 0.0763. The number of rotatable bonds is 2. The van der Waals surface area contributed by atoms with Gasteiger partial charge in [-0.05, 0) is 0 Å². The highest BCUT2D eigenvalue weighted by Crippen LogP contribution is 2.30. The standard InChI is InChI=1S/C13H17N5O5/c19-4-7-6(20)3-9(23-7)18-5-14-10-11(18)16-13-15-8(21)1-2-17(13)12(10)22/h5-9,19-21H,1-4H2,(H,15,16)/t6-,7+,8-,9+/m0/s1. The van der Waals surface area contributed by atoms with Crippen molar-refractivity contribution in [1.29, 1.82) is 0 Å². The maximum absolute atomic E-state index is 12.5. The average Bonchev–Trinajstić information content (AvgIpc) is 3.10. The fourth-order valence-electron chi connectivity index (χ4n) is 3.05. The lowest BCUT2D eigenvalue weighted by Crippen LogP contribution is -2.36. The summed E-state index contributed by atoms with van der Waals surface area (Å²) in [5.74, 6) is 0.278. The van der Waals surface area contributed by atoms with E-state index >= 15 is 0 Å². The molecule has 10 heteroatoms. The molecule has 4 heterocycles. The summed E-state index contributed by atoms with van der Waals surface area (Å²) >= 11 is 0. The number of hydrogen-bond donors (Lipinski definition) is 4. The molecule has 0 saturated carbocycles. The van der Waals surface area contributed by atoms with Gasteiger partial charge in [0.2, 0.25) is 5.95 Å². The van der Waals surface area contributed by atoms with Crippen molar-refractivity contribution in [3.63, 3.8) is 0 Å². The SMILES string of the molecule is O=c1c2ncn([C@H]3C[C@H](O)[C@@H](CO)O3)c2nc2n1CC[C@H](O)N2. The van der Waals surface area contributed by atoms with E-state index in [-0.39, 0.29) is 30.1 Å². The molecule has 0 spiro atoms. The van der Waals surface area contributed by atoms with Crippen LogP contribution in [0.2, 0.25) is 0 Å². The van der Waals surface area contributed by atoms with Gasteiger partial charge in [0.25, 0.3) is 5.56 Å². The average molecular weight is 323 g/mol. The first kappa shape index (κ1) is 14.6. The lowest BCUT2D eigenvalue weighted by molar-refractivity contribution is -0.0432. The summed E-state index contributed by atoms with van der Waals surface area (Å²) in [5.41, 5.74) is 0.233. The van der Waals surface area contributed by atoms with Crippen LogP contribution in [0.1, 0.15) is 19.1 Å². The number of aliphatic hydroxyl groups is 3. The molecule has 10 nitrogen and oxygen atoms in total. The molecule has 2 aliphatic rings. The van der Waals surface area contributed by atoms with Crippen molar-refractivity contribution in [2.45, 2.75) is 44.1 Å². The van der Waals surface area contributed by atoms with E-state index in [0.29, 0.717) is 18.6 Å². The van der Waals surface area contributed by atoms with Crippen LogP contribution in [0, 0.1) is 0 Å². The van der Waals surface area contributed by atoms with Crippen molar-refractivity contribution in [3.8, 4) is 0 Å². The fourth-order valence-corrected chi connectivity index (χ4v) is 3.05. The van der Waals surface area contributed by atoms with Gasteiger partial charge in [-0.1, -0.05) is 0 Å². The minimum atomic E-state index is -0.791. The van der Waals surface area contributed by atoms with Gasteiger partial charge in [0.1, 0.15) is 18.6 Å². The molecule has 1 saturated heterocycles. The Bertz CT molecular complexity index is 802. The van der Waals surface area contributed by atoms with Crippen molar-refractivity contribution in [2.75, 3.05) is 11.9 Å². The summed E-state index contributed by atoms with van der Waals surface area (Å²) < 4.78 is 8.59. The van der Waals surface area contributed by atoms with E-state index in [1.165, 1.54) is 10.9 Å². The number of hydrogen-bond acceptors (Lipinski definition) is 8. The Labute approximate surface area is 130 Å². The molecule has 124 valence electrons. The first-order valence-electron chi connectivity index (χ1n) is 7.45. The highest BCUT2D eigenvalue weighted by Gasteiger charge is 2.35. The van der Waals surface area contributed by atoms with Crippen LogP contribution in [0.4, 0.5) is 5.95 Å². The topological polar surface area (TPSA) is 135 Å². The molecule has 4 N–H and O–H groups in total. The molecule has 0 amide bonds. The molecule has 0 radical (unpaired) electrons. The Kier molecular flexibility index (Phi) is 3.34. The van der Waals surface area contributed by atoms with Crippen LogP contribution >= 0.6 is 0 Å². The first-order valence-corrected chi connectivity index (χ1v) is 7.45. The number of aromatic nitrogens is 4. The van der Waals surface area contributed by atoms with E-state index in [4.69, 9.17) is 4.74 Å². The van der Waals surface area contributed by atoms with Crippen LogP contribution in [-0.4, -0.2) is 59.5 Å². The van der Waals surface area contributed by atoms with Crippen molar-refractivity contribution < 1.29 is 20.1 Å². The highest BCUT2D eigenvalue weighted by molar-refractivity contribution is 5.71. The number of aliphatic hydroxyl groups excluding tert-OH is 3. The molecular weight excluding hydrogens is 306 g/mol. The summed E-state index contributed by atoms with van der Waals surface area (Å²) in [6, 6.07) is 0.